The molecule has 0 fully saturated rings. The Kier molecular flexibility index (Phi) is 5.40. The van der Waals surface area contributed by atoms with Crippen molar-refractivity contribution in [1.29, 1.82) is 0 Å². The molecular weight excluding hydrogens is 372 g/mol. The van der Waals surface area contributed by atoms with Crippen LogP contribution >= 0.6 is 11.3 Å². The van der Waals surface area contributed by atoms with E-state index >= 15 is 0 Å². The van der Waals surface area contributed by atoms with E-state index in [0.717, 1.165) is 17.1 Å². The van der Waals surface area contributed by atoms with Gasteiger partial charge in [0.2, 0.25) is 0 Å². The van der Waals surface area contributed by atoms with Crippen LogP contribution in [-0.4, -0.2) is 30.0 Å². The minimum absolute atomic E-state index is 0.0334. The third-order valence-electron chi connectivity index (χ3n) is 4.33. The highest BCUT2D eigenvalue weighted by molar-refractivity contribution is 7.91. The molecule has 0 aromatic carbocycles. The minimum Gasteiger partial charge on any atom is -0.344 e. The molecule has 3 rings (SSSR count). The molecular formula is C17H22N4O3S2. The van der Waals surface area contributed by atoms with E-state index in [9.17, 15) is 13.2 Å². The van der Waals surface area contributed by atoms with Gasteiger partial charge in [-0.05, 0) is 18.1 Å². The van der Waals surface area contributed by atoms with E-state index < -0.39 is 9.84 Å². The first kappa shape index (κ1) is 18.9. The number of carbonyl (C=O) groups excluding carboxylic acids is 1. The Morgan fingerprint density at radius 1 is 1.42 bits per heavy atom. The Morgan fingerprint density at radius 3 is 2.81 bits per heavy atom. The molecule has 3 heterocycles. The zero-order valence-electron chi connectivity index (χ0n) is 14.9. The minimum atomic E-state index is -3.26. The molecule has 0 unspecified atom stereocenters. The zero-order chi connectivity index (χ0) is 18.9. The third-order valence-corrected chi connectivity index (χ3v) is 7.12. The average Bonchev–Trinajstić information content (AvgIpc) is 3.20. The predicted octanol–water partition coefficient (Wildman–Crippen LogP) is 2.06. The summed E-state index contributed by atoms with van der Waals surface area (Å²) in [6.45, 7) is 6.81. The molecule has 140 valence electrons. The fraction of sp³-hybridized carbons (Fsp3) is 0.471. The number of thiazole rings is 1. The van der Waals surface area contributed by atoms with Crippen molar-refractivity contribution in [3.8, 4) is 0 Å². The van der Waals surface area contributed by atoms with Crippen molar-refractivity contribution < 1.29 is 13.2 Å². The monoisotopic (exact) mass is 394 g/mol. The van der Waals surface area contributed by atoms with E-state index in [1.807, 2.05) is 0 Å². The fourth-order valence-corrected chi connectivity index (χ4v) is 4.59. The Morgan fingerprint density at radius 2 is 2.19 bits per heavy atom. The van der Waals surface area contributed by atoms with Crippen LogP contribution in [0.3, 0.4) is 0 Å². The lowest BCUT2D eigenvalue weighted by Gasteiger charge is -2.14. The molecule has 1 amide bonds. The van der Waals surface area contributed by atoms with E-state index in [-0.39, 0.29) is 29.1 Å². The summed E-state index contributed by atoms with van der Waals surface area (Å²) in [4.78, 5) is 22.3. The van der Waals surface area contributed by atoms with E-state index in [1.54, 1.807) is 13.0 Å². The number of carbonyl (C=O) groups is 1. The molecule has 7 nitrogen and oxygen atoms in total. The van der Waals surface area contributed by atoms with E-state index in [1.165, 1.54) is 23.6 Å². The molecule has 0 bridgehead atoms. The Bertz CT molecular complexity index is 905. The molecule has 0 spiro atoms. The average molecular weight is 395 g/mol. The number of rotatable bonds is 6. The lowest BCUT2D eigenvalue weighted by Crippen LogP contribution is -2.24. The maximum atomic E-state index is 12.4. The zero-order valence-corrected chi connectivity index (χ0v) is 16.6. The molecule has 2 aromatic heterocycles. The summed E-state index contributed by atoms with van der Waals surface area (Å²) < 4.78 is 23.6. The van der Waals surface area contributed by atoms with Crippen LogP contribution in [0.25, 0.3) is 0 Å². The van der Waals surface area contributed by atoms with Crippen LogP contribution in [0.4, 0.5) is 0 Å². The fourth-order valence-electron chi connectivity index (χ4n) is 2.79. The van der Waals surface area contributed by atoms with Gasteiger partial charge in [0.05, 0.1) is 34.6 Å². The normalized spacial score (nSPS) is 16.7. The molecule has 0 radical (unpaired) electrons. The first-order valence-electron chi connectivity index (χ1n) is 8.50. The van der Waals surface area contributed by atoms with Gasteiger partial charge in [0, 0.05) is 17.6 Å². The van der Waals surface area contributed by atoms with E-state index in [0.29, 0.717) is 16.6 Å². The summed E-state index contributed by atoms with van der Waals surface area (Å²) in [7, 11) is -3.26. The quantitative estimate of drug-likeness (QED) is 0.778. The van der Waals surface area contributed by atoms with Crippen LogP contribution in [0.5, 0.6) is 0 Å². The van der Waals surface area contributed by atoms with Crippen molar-refractivity contribution in [3.63, 3.8) is 0 Å². The van der Waals surface area contributed by atoms with Crippen molar-refractivity contribution in [1.82, 2.24) is 20.6 Å². The highest BCUT2D eigenvalue weighted by atomic mass is 32.2. The van der Waals surface area contributed by atoms with Crippen molar-refractivity contribution in [2.45, 2.75) is 44.8 Å². The van der Waals surface area contributed by atoms with Crippen LogP contribution in [0.15, 0.2) is 23.2 Å². The van der Waals surface area contributed by atoms with Gasteiger partial charge in [-0.1, -0.05) is 20.8 Å². The number of nitrogens with one attached hydrogen (secondary N) is 2. The van der Waals surface area contributed by atoms with E-state index in [4.69, 9.17) is 0 Å². The van der Waals surface area contributed by atoms with Gasteiger partial charge in [-0.25, -0.2) is 13.4 Å². The van der Waals surface area contributed by atoms with Gasteiger partial charge in [0.15, 0.2) is 14.8 Å². The van der Waals surface area contributed by atoms with Gasteiger partial charge >= 0.3 is 0 Å². The summed E-state index contributed by atoms with van der Waals surface area (Å²) >= 11 is 1.41. The van der Waals surface area contributed by atoms with Crippen LogP contribution in [-0.2, 0) is 22.9 Å². The summed E-state index contributed by atoms with van der Waals surface area (Å²) in [5.74, 6) is 0.210. The lowest BCUT2D eigenvalue weighted by molar-refractivity contribution is 0.0949. The highest BCUT2D eigenvalue weighted by Gasteiger charge is 2.30. The number of aromatic nitrogens is 2. The Labute approximate surface area is 157 Å². The van der Waals surface area contributed by atoms with Crippen molar-refractivity contribution in [3.05, 3.63) is 39.6 Å². The van der Waals surface area contributed by atoms with Gasteiger partial charge < -0.3 is 10.6 Å². The molecule has 9 heteroatoms. The Hall–Kier alpha value is -1.84. The van der Waals surface area contributed by atoms with Gasteiger partial charge in [-0.2, -0.15) is 0 Å². The molecule has 1 atom stereocenters. The predicted molar refractivity (Wildman–Crippen MR) is 99.7 cm³/mol. The third kappa shape index (κ3) is 3.79. The number of sulfone groups is 1. The van der Waals surface area contributed by atoms with Gasteiger partial charge in [0.1, 0.15) is 0 Å². The van der Waals surface area contributed by atoms with Crippen LogP contribution in [0.2, 0.25) is 0 Å². The maximum absolute atomic E-state index is 12.4. The van der Waals surface area contributed by atoms with Crippen molar-refractivity contribution in [2.24, 2.45) is 5.92 Å². The number of nitrogens with zero attached hydrogens (tertiary/aromatic N) is 2. The largest absolute Gasteiger partial charge is 0.344 e. The van der Waals surface area contributed by atoms with Gasteiger partial charge in [-0.15, -0.1) is 11.3 Å². The molecule has 26 heavy (non-hydrogen) atoms. The number of pyridine rings is 1. The molecule has 1 aliphatic heterocycles. The summed E-state index contributed by atoms with van der Waals surface area (Å²) in [5.41, 5.74) is 1.57. The van der Waals surface area contributed by atoms with Crippen LogP contribution in [0, 0.1) is 5.92 Å². The molecule has 2 aromatic rings. The van der Waals surface area contributed by atoms with Crippen LogP contribution < -0.4 is 10.6 Å². The first-order valence-corrected chi connectivity index (χ1v) is 11.0. The second-order valence-corrected chi connectivity index (χ2v) is 9.86. The summed E-state index contributed by atoms with van der Waals surface area (Å²) in [6.07, 6.45) is 1.33. The molecule has 0 saturated heterocycles. The highest BCUT2D eigenvalue weighted by Crippen LogP contribution is 2.33. The van der Waals surface area contributed by atoms with Gasteiger partial charge in [-0.3, -0.25) is 9.78 Å². The smallest absolute Gasteiger partial charge is 0.280 e. The van der Waals surface area contributed by atoms with Crippen molar-refractivity contribution in [2.75, 3.05) is 5.75 Å². The summed E-state index contributed by atoms with van der Waals surface area (Å²) in [6, 6.07) is 3.32. The standard InChI is InChI=1S/C17H22N4O3S2/c1-4-26(23,24)12-6-5-11(18-8-12)7-20-16(22)17-21-15-13(25-17)9-19-14(15)10(2)3/h5-6,8,10,14,19H,4,7,9H2,1-3H3,(H,20,22)/t14-/m0/s1. The number of fused-ring (bicyclic) bond motifs is 1. The molecule has 1 aliphatic rings. The number of hydrogen-bond acceptors (Lipinski definition) is 7. The topological polar surface area (TPSA) is 101 Å². The van der Waals surface area contributed by atoms with Crippen molar-refractivity contribution >= 4 is 27.1 Å². The first-order chi connectivity index (χ1) is 12.3. The Balaban J connectivity index is 1.64. The van der Waals surface area contributed by atoms with Gasteiger partial charge in [0.25, 0.3) is 5.91 Å². The van der Waals surface area contributed by atoms with E-state index in [2.05, 4.69) is 34.4 Å². The number of hydrogen-bond donors (Lipinski definition) is 2. The maximum Gasteiger partial charge on any atom is 0.280 e. The molecule has 0 aliphatic carbocycles. The second-order valence-electron chi connectivity index (χ2n) is 6.50. The summed E-state index contributed by atoms with van der Waals surface area (Å²) in [5, 5.41) is 6.65. The SMILES string of the molecule is CCS(=O)(=O)c1ccc(CNC(=O)c2nc3c(s2)CN[C@H]3C(C)C)nc1. The lowest BCUT2D eigenvalue weighted by atomic mass is 10.0. The molecule has 2 N–H and O–H groups in total. The number of amides is 1. The second kappa shape index (κ2) is 7.42. The molecule has 0 saturated carbocycles. The van der Waals surface area contributed by atoms with Crippen LogP contribution in [0.1, 0.15) is 52.9 Å².